The fourth-order valence-corrected chi connectivity index (χ4v) is 1.34. The third kappa shape index (κ3) is 2.66. The molecular weight excluding hydrogens is 180 g/mol. The van der Waals surface area contributed by atoms with Gasteiger partial charge in [-0.1, -0.05) is 6.07 Å². The maximum atomic E-state index is 5.55. The van der Waals surface area contributed by atoms with E-state index < -0.39 is 0 Å². The molecule has 1 rings (SSSR count). The lowest BCUT2D eigenvalue weighted by Gasteiger charge is -2.10. The smallest absolute Gasteiger partial charge is 0.122 e. The number of hydrogen-bond donors (Lipinski definition) is 1. The normalized spacial score (nSPS) is 10.2. The van der Waals surface area contributed by atoms with E-state index in [2.05, 4.69) is 45.5 Å². The van der Waals surface area contributed by atoms with Gasteiger partial charge in [0, 0.05) is 5.75 Å². The molecule has 0 fully saturated rings. The average Bonchev–Trinajstić information content (AvgIpc) is 2.09. The topological polar surface area (TPSA) is 9.23 Å². The first kappa shape index (κ1) is 10.5. The van der Waals surface area contributed by atoms with Crippen LogP contribution in [0.4, 0.5) is 0 Å². The summed E-state index contributed by atoms with van der Waals surface area (Å²) >= 11 is 4.11. The summed E-state index contributed by atoms with van der Waals surface area (Å²) in [6.07, 6.45) is 0. The molecule has 2 heteroatoms. The lowest BCUT2D eigenvalue weighted by Crippen LogP contribution is -2.00. The van der Waals surface area contributed by atoms with Crippen LogP contribution in [-0.4, -0.2) is 12.4 Å². The van der Waals surface area contributed by atoms with Crippen LogP contribution in [-0.2, 0) is 0 Å². The molecule has 0 spiro atoms. The number of thiol groups is 1. The minimum atomic E-state index is 0.673. The molecule has 0 aromatic heterocycles. The van der Waals surface area contributed by atoms with Crippen LogP contribution >= 0.6 is 12.6 Å². The van der Waals surface area contributed by atoms with Gasteiger partial charge in [0.25, 0.3) is 0 Å². The molecule has 0 atom stereocenters. The molecule has 0 amide bonds. The van der Waals surface area contributed by atoms with Crippen molar-refractivity contribution in [2.75, 3.05) is 12.4 Å². The van der Waals surface area contributed by atoms with E-state index in [0.717, 1.165) is 11.5 Å². The van der Waals surface area contributed by atoms with E-state index >= 15 is 0 Å². The Bertz CT molecular complexity index is 294. The Labute approximate surface area is 85.5 Å². The van der Waals surface area contributed by atoms with Gasteiger partial charge < -0.3 is 4.74 Å². The van der Waals surface area contributed by atoms with E-state index in [1.165, 1.54) is 16.7 Å². The number of ether oxygens (including phenoxy) is 1. The van der Waals surface area contributed by atoms with Crippen molar-refractivity contribution in [2.45, 2.75) is 20.8 Å². The maximum Gasteiger partial charge on any atom is 0.122 e. The van der Waals surface area contributed by atoms with Gasteiger partial charge in [0.2, 0.25) is 0 Å². The molecule has 0 aliphatic carbocycles. The molecule has 0 bridgehead atoms. The summed E-state index contributed by atoms with van der Waals surface area (Å²) < 4.78 is 5.55. The Balaban J connectivity index is 2.88. The van der Waals surface area contributed by atoms with Gasteiger partial charge in [-0.3, -0.25) is 0 Å². The Kier molecular flexibility index (Phi) is 3.67. The SMILES string of the molecule is Cc1cc(C)c(OCCS)cc1C. The van der Waals surface area contributed by atoms with Crippen LogP contribution in [0.15, 0.2) is 12.1 Å². The highest BCUT2D eigenvalue weighted by Gasteiger charge is 2.01. The zero-order valence-electron chi connectivity index (χ0n) is 8.42. The number of rotatable bonds is 3. The lowest BCUT2D eigenvalue weighted by molar-refractivity contribution is 0.341. The quantitative estimate of drug-likeness (QED) is 0.731. The predicted molar refractivity (Wildman–Crippen MR) is 60.0 cm³/mol. The summed E-state index contributed by atoms with van der Waals surface area (Å²) in [7, 11) is 0. The van der Waals surface area contributed by atoms with Crippen LogP contribution < -0.4 is 4.74 Å². The zero-order chi connectivity index (χ0) is 9.84. The van der Waals surface area contributed by atoms with E-state index in [1.807, 2.05) is 0 Å². The van der Waals surface area contributed by atoms with Gasteiger partial charge in [-0.05, 0) is 43.5 Å². The lowest BCUT2D eigenvalue weighted by atomic mass is 10.1. The van der Waals surface area contributed by atoms with Gasteiger partial charge in [0.1, 0.15) is 5.75 Å². The van der Waals surface area contributed by atoms with Gasteiger partial charge in [-0.2, -0.15) is 12.6 Å². The second kappa shape index (κ2) is 4.56. The fourth-order valence-electron chi connectivity index (χ4n) is 1.25. The molecule has 0 aliphatic heterocycles. The van der Waals surface area contributed by atoms with E-state index in [9.17, 15) is 0 Å². The summed E-state index contributed by atoms with van der Waals surface area (Å²) in [5.74, 6) is 1.74. The average molecular weight is 196 g/mol. The van der Waals surface area contributed by atoms with Crippen molar-refractivity contribution in [3.8, 4) is 5.75 Å². The summed E-state index contributed by atoms with van der Waals surface area (Å²) in [6, 6.07) is 4.25. The summed E-state index contributed by atoms with van der Waals surface area (Å²) in [6.45, 7) is 6.96. The van der Waals surface area contributed by atoms with Gasteiger partial charge in [-0.25, -0.2) is 0 Å². The molecule has 0 unspecified atom stereocenters. The minimum Gasteiger partial charge on any atom is -0.492 e. The highest BCUT2D eigenvalue weighted by molar-refractivity contribution is 7.80. The molecule has 0 heterocycles. The van der Waals surface area contributed by atoms with Crippen molar-refractivity contribution in [3.05, 3.63) is 28.8 Å². The molecule has 13 heavy (non-hydrogen) atoms. The molecular formula is C11H16OS. The molecule has 0 radical (unpaired) electrons. The van der Waals surface area contributed by atoms with Crippen LogP contribution in [0.2, 0.25) is 0 Å². The molecule has 1 aromatic carbocycles. The van der Waals surface area contributed by atoms with Gasteiger partial charge in [0.15, 0.2) is 0 Å². The Morgan fingerprint density at radius 1 is 1.08 bits per heavy atom. The second-order valence-corrected chi connectivity index (χ2v) is 3.72. The number of aryl methyl sites for hydroxylation is 3. The zero-order valence-corrected chi connectivity index (χ0v) is 9.32. The molecule has 0 aliphatic rings. The van der Waals surface area contributed by atoms with Crippen LogP contribution in [0.3, 0.4) is 0 Å². The van der Waals surface area contributed by atoms with Crippen molar-refractivity contribution in [3.63, 3.8) is 0 Å². The van der Waals surface area contributed by atoms with Crippen molar-refractivity contribution < 1.29 is 4.74 Å². The molecule has 0 N–H and O–H groups in total. The first-order valence-corrected chi connectivity index (χ1v) is 5.10. The molecule has 1 aromatic rings. The molecule has 0 saturated carbocycles. The molecule has 72 valence electrons. The highest BCUT2D eigenvalue weighted by atomic mass is 32.1. The monoisotopic (exact) mass is 196 g/mol. The summed E-state index contributed by atoms with van der Waals surface area (Å²) in [5, 5.41) is 0. The Morgan fingerprint density at radius 3 is 2.31 bits per heavy atom. The molecule has 0 saturated heterocycles. The van der Waals surface area contributed by atoms with E-state index in [0.29, 0.717) is 6.61 Å². The third-order valence-corrected chi connectivity index (χ3v) is 2.32. The van der Waals surface area contributed by atoms with Crippen molar-refractivity contribution in [1.29, 1.82) is 0 Å². The molecule has 1 nitrogen and oxygen atoms in total. The van der Waals surface area contributed by atoms with Crippen LogP contribution in [0.1, 0.15) is 16.7 Å². The summed E-state index contributed by atoms with van der Waals surface area (Å²) in [5.41, 5.74) is 3.79. The standard InChI is InChI=1S/C11H16OS/c1-8-6-10(3)11(7-9(8)2)12-4-5-13/h6-7,13H,4-5H2,1-3H3. The van der Waals surface area contributed by atoms with E-state index in [4.69, 9.17) is 4.74 Å². The van der Waals surface area contributed by atoms with E-state index in [-0.39, 0.29) is 0 Å². The highest BCUT2D eigenvalue weighted by Crippen LogP contribution is 2.22. The minimum absolute atomic E-state index is 0.673. The van der Waals surface area contributed by atoms with Gasteiger partial charge in [0.05, 0.1) is 6.61 Å². The van der Waals surface area contributed by atoms with Crippen LogP contribution in [0, 0.1) is 20.8 Å². The van der Waals surface area contributed by atoms with Crippen LogP contribution in [0.5, 0.6) is 5.75 Å². The Morgan fingerprint density at radius 2 is 1.69 bits per heavy atom. The largest absolute Gasteiger partial charge is 0.492 e. The number of benzene rings is 1. The second-order valence-electron chi connectivity index (χ2n) is 3.27. The first-order valence-electron chi connectivity index (χ1n) is 4.46. The first-order chi connectivity index (χ1) is 6.15. The van der Waals surface area contributed by atoms with E-state index in [1.54, 1.807) is 0 Å². The maximum absolute atomic E-state index is 5.55. The van der Waals surface area contributed by atoms with Gasteiger partial charge >= 0.3 is 0 Å². The summed E-state index contributed by atoms with van der Waals surface area (Å²) in [4.78, 5) is 0. The van der Waals surface area contributed by atoms with Crippen LogP contribution in [0.25, 0.3) is 0 Å². The third-order valence-electron chi connectivity index (χ3n) is 2.14. The Hall–Kier alpha value is -0.630. The fraction of sp³-hybridized carbons (Fsp3) is 0.455. The van der Waals surface area contributed by atoms with Gasteiger partial charge in [-0.15, -0.1) is 0 Å². The van der Waals surface area contributed by atoms with Crippen molar-refractivity contribution >= 4 is 12.6 Å². The van der Waals surface area contributed by atoms with Crippen molar-refractivity contribution in [2.24, 2.45) is 0 Å². The number of hydrogen-bond acceptors (Lipinski definition) is 2. The predicted octanol–water partition coefficient (Wildman–Crippen LogP) is 2.92. The van der Waals surface area contributed by atoms with Crippen molar-refractivity contribution in [1.82, 2.24) is 0 Å².